The number of hydrogen-bond acceptors (Lipinski definition) is 15. The van der Waals surface area contributed by atoms with Crippen molar-refractivity contribution in [2.75, 3.05) is 65.2 Å². The Hall–Kier alpha value is -2.76. The SMILES string of the molecule is C.C.C.C1=CN=CC1.CC(C)(C)OC(=O)N1CCC(=O)CC1.CC(C)(C)OC(=O)N1CCC(O)(c2nccn2COCC[Si](C)(C)C)CC1.C[Si](C)(C)CCOCCl.C[Si](C)(C)CCOCn1ccnc1.Cl.OC1(c2ncc[nH]2)CCNCC1.[H-].[Na+]. The smallest absolute Gasteiger partial charge is 1.00 e. The third kappa shape index (κ3) is 42.0. The fourth-order valence-electron chi connectivity index (χ4n) is 7.48. The van der Waals surface area contributed by atoms with Crippen LogP contribution in [0.2, 0.25) is 77.1 Å². The molecule has 0 radical (unpaired) electrons. The summed E-state index contributed by atoms with van der Waals surface area (Å²) in [5, 5.41) is 24.4. The van der Waals surface area contributed by atoms with Crippen LogP contribution in [0.25, 0.3) is 0 Å². The molecule has 3 saturated heterocycles. The molecular weight excluding hydrogens is 1190 g/mol. The number of rotatable bonds is 16. The average molecular weight is 1300 g/mol. The number of carbonyl (C=O) groups is 3. The molecule has 2 amide bonds. The number of ketones is 1. The molecule has 490 valence electrons. The largest absolute Gasteiger partial charge is 1.00 e. The molecule has 85 heavy (non-hydrogen) atoms. The van der Waals surface area contributed by atoms with Gasteiger partial charge in [-0.3, -0.25) is 9.79 Å². The first-order chi connectivity index (χ1) is 37.2. The zero-order valence-corrected chi connectivity index (χ0v) is 59.4. The maximum absolute atomic E-state index is 12.2. The van der Waals surface area contributed by atoms with E-state index in [4.69, 9.17) is 35.3 Å². The second-order valence-electron chi connectivity index (χ2n) is 26.0. The summed E-state index contributed by atoms with van der Waals surface area (Å²) in [5.41, 5.74) is -2.76. The van der Waals surface area contributed by atoms with Crippen molar-refractivity contribution < 1.29 is 79.3 Å². The quantitative estimate of drug-likeness (QED) is 0.0594. The van der Waals surface area contributed by atoms with Crippen LogP contribution in [0.3, 0.4) is 0 Å². The number of nitrogens with zero attached hydrogens (tertiary/aromatic N) is 8. The average Bonchev–Trinajstić information content (AvgIpc) is 4.22. The van der Waals surface area contributed by atoms with Gasteiger partial charge in [0, 0.05) is 152 Å². The van der Waals surface area contributed by atoms with Crippen molar-refractivity contribution in [3.8, 4) is 0 Å². The van der Waals surface area contributed by atoms with Gasteiger partial charge < -0.3 is 64.6 Å². The molecule has 4 N–H and O–H groups in total. The molecule has 3 aromatic rings. The summed E-state index contributed by atoms with van der Waals surface area (Å²) in [7, 11) is -2.93. The number of nitrogens with one attached hydrogen (secondary N) is 2. The van der Waals surface area contributed by atoms with Crippen molar-refractivity contribution in [3.63, 3.8) is 0 Å². The molecule has 0 spiro atoms. The Morgan fingerprint density at radius 3 is 1.59 bits per heavy atom. The number of ether oxygens (including phenoxy) is 5. The molecule has 0 saturated carbocycles. The van der Waals surface area contributed by atoms with Gasteiger partial charge in [0.25, 0.3) is 0 Å². The molecule has 0 atom stereocenters. The Morgan fingerprint density at radius 2 is 1.19 bits per heavy atom. The van der Waals surface area contributed by atoms with E-state index in [0.29, 0.717) is 83.0 Å². The van der Waals surface area contributed by atoms with Crippen LogP contribution in [0, 0.1) is 0 Å². The first-order valence-corrected chi connectivity index (χ1v) is 39.9. The number of imidazole rings is 3. The summed E-state index contributed by atoms with van der Waals surface area (Å²) in [4.78, 5) is 57.0. The van der Waals surface area contributed by atoms with Gasteiger partial charge in [-0.05, 0) is 85.6 Å². The standard InChI is InChI=1S/C19H35N3O4Si.C10H17NO3.C9H18N2OSi.C8H13N3O.C6H15ClOSi.C4H5N.3CH4.ClH.Na.H/c1-18(2,3)26-17(23)21-10-7-19(24,8-11-21)16-20-9-12-22(16)15-25-13-14-27(4,5)6;1-10(2,3)14-9(13)11-6-4-8(12)5-7-11;1-13(2,3)7-6-12-9-11-5-4-10-8-11;12-8(1-3-9-4-2-8)7-10-5-6-11-7;1-9(2,3)5-4-8-6-7;1-2-4-5-3-1;;;;;;/h9,12,24H,7-8,10-11,13-15H2,1-6H3;4-7H2,1-3H3;4-5,8H,6-7,9H2,1-3H3;5-6,9,12H,1-4H2,(H,10,11);4-6H2,1-3H3;1,3-4H,2H2;3*1H4;1H;;/q;;;;;;;;;;+1;-1. The van der Waals surface area contributed by atoms with E-state index < -0.39 is 46.6 Å². The number of aromatic amines is 1. The number of halogens is 2. The minimum absolute atomic E-state index is 0. The third-order valence-corrected chi connectivity index (χ3v) is 17.6. The van der Waals surface area contributed by atoms with Crippen LogP contribution < -0.4 is 34.9 Å². The fourth-order valence-corrected chi connectivity index (χ4v) is 9.86. The monoisotopic (exact) mass is 1300 g/mol. The summed E-state index contributed by atoms with van der Waals surface area (Å²) in [6, 6.07) is 3.87. The molecule has 4 aliphatic heterocycles. The summed E-state index contributed by atoms with van der Waals surface area (Å²) < 4.78 is 30.7. The Balaban J connectivity index is -0.000000321. The van der Waals surface area contributed by atoms with E-state index in [1.807, 2.05) is 75.4 Å². The molecular formula is C59H117Cl2N10NaO10Si3. The minimum Gasteiger partial charge on any atom is -1.00 e. The Bertz CT molecular complexity index is 2220. The van der Waals surface area contributed by atoms with Gasteiger partial charge in [-0.15, -0.1) is 12.4 Å². The Labute approximate surface area is 551 Å². The van der Waals surface area contributed by atoms with Gasteiger partial charge in [0.2, 0.25) is 0 Å². The van der Waals surface area contributed by atoms with Gasteiger partial charge in [0.15, 0.2) is 0 Å². The second-order valence-corrected chi connectivity index (χ2v) is 43.1. The molecule has 0 bridgehead atoms. The van der Waals surface area contributed by atoms with Crippen LogP contribution in [0.4, 0.5) is 9.59 Å². The molecule has 20 nitrogen and oxygen atoms in total. The van der Waals surface area contributed by atoms with E-state index in [0.717, 1.165) is 58.2 Å². The van der Waals surface area contributed by atoms with Crippen LogP contribution in [0.5, 0.6) is 0 Å². The van der Waals surface area contributed by atoms with Gasteiger partial charge in [-0.1, -0.05) is 98.9 Å². The Kier molecular flexibility index (Phi) is 45.7. The van der Waals surface area contributed by atoms with Crippen LogP contribution in [0.1, 0.15) is 122 Å². The molecule has 0 aliphatic carbocycles. The first-order valence-electron chi connectivity index (χ1n) is 28.3. The maximum atomic E-state index is 12.2. The number of aliphatic imine (C=N–C) groups is 1. The van der Waals surface area contributed by atoms with Gasteiger partial charge in [0.05, 0.1) is 6.33 Å². The van der Waals surface area contributed by atoms with Crippen molar-refractivity contribution in [1.82, 2.24) is 44.2 Å². The number of likely N-dealkylation sites (tertiary alicyclic amines) is 2. The number of Topliss-reactive ketones (excluding diaryl/α,β-unsaturated/α-hetero) is 1. The van der Waals surface area contributed by atoms with E-state index in [2.05, 4.69) is 89.2 Å². The van der Waals surface area contributed by atoms with Crippen LogP contribution in [-0.4, -0.2) is 174 Å². The van der Waals surface area contributed by atoms with Crippen molar-refractivity contribution in [3.05, 3.63) is 67.4 Å². The number of allylic oxidation sites excluding steroid dienone is 1. The van der Waals surface area contributed by atoms with Crippen LogP contribution in [-0.2, 0) is 53.1 Å². The summed E-state index contributed by atoms with van der Waals surface area (Å²) >= 11 is 5.32. The summed E-state index contributed by atoms with van der Waals surface area (Å²) in [5.74, 6) is 1.54. The maximum Gasteiger partial charge on any atom is 1.00 e. The van der Waals surface area contributed by atoms with Gasteiger partial charge >= 0.3 is 41.7 Å². The second kappa shape index (κ2) is 43.8. The zero-order valence-electron chi connectivity index (χ0n) is 53.9. The van der Waals surface area contributed by atoms with Crippen molar-refractivity contribution >= 4 is 72.4 Å². The van der Waals surface area contributed by atoms with E-state index in [9.17, 15) is 24.6 Å². The molecule has 0 unspecified atom stereocenters. The number of H-pyrrole nitrogens is 1. The fraction of sp³-hybridized carbons (Fsp3) is 0.746. The number of aliphatic hydroxyl groups is 2. The minimum atomic E-state index is -1.12. The predicted molar refractivity (Wildman–Crippen MR) is 356 cm³/mol. The summed E-state index contributed by atoms with van der Waals surface area (Å²) in [6.07, 6.45) is 21.7. The normalized spacial score (nSPS) is 16.0. The van der Waals surface area contributed by atoms with Gasteiger partial charge in [0.1, 0.15) is 59.4 Å². The number of alkyl halides is 1. The molecule has 26 heteroatoms. The molecule has 4 aliphatic rings. The molecule has 3 fully saturated rings. The van der Waals surface area contributed by atoms with Gasteiger partial charge in [-0.2, -0.15) is 0 Å². The number of carbonyl (C=O) groups excluding carboxylic acids is 3. The van der Waals surface area contributed by atoms with E-state index in [1.165, 1.54) is 12.1 Å². The molecule has 3 aromatic heterocycles. The third-order valence-electron chi connectivity index (χ3n) is 12.4. The van der Waals surface area contributed by atoms with Crippen LogP contribution >= 0.6 is 24.0 Å². The van der Waals surface area contributed by atoms with Crippen molar-refractivity contribution in [2.45, 2.75) is 222 Å². The zero-order chi connectivity index (χ0) is 60.1. The Morgan fingerprint density at radius 1 is 0.694 bits per heavy atom. The number of amides is 2. The summed E-state index contributed by atoms with van der Waals surface area (Å²) in [6.45, 7) is 39.1. The number of aromatic nitrogens is 6. The molecule has 7 rings (SSSR count). The van der Waals surface area contributed by atoms with Gasteiger partial charge in [-0.25, -0.2) is 24.5 Å². The predicted octanol–water partition coefficient (Wildman–Crippen LogP) is 10.1. The van der Waals surface area contributed by atoms with E-state index >= 15 is 0 Å². The van der Waals surface area contributed by atoms with Crippen molar-refractivity contribution in [1.29, 1.82) is 0 Å². The topological polar surface area (TPSA) is 233 Å². The van der Waals surface area contributed by atoms with E-state index in [-0.39, 0.29) is 83.6 Å². The molecule has 0 aromatic carbocycles. The van der Waals surface area contributed by atoms with Crippen molar-refractivity contribution in [2.24, 2.45) is 4.99 Å². The molecule has 7 heterocycles. The first kappa shape index (κ1) is 88.7. The number of hydrogen-bond donors (Lipinski definition) is 4. The van der Waals surface area contributed by atoms with Crippen LogP contribution in [0.15, 0.2) is 60.8 Å². The van der Waals surface area contributed by atoms with E-state index in [1.54, 1.807) is 47.1 Å². The number of piperidine rings is 3.